The highest BCUT2D eigenvalue weighted by Crippen LogP contribution is 2.46. The van der Waals surface area contributed by atoms with Crippen LogP contribution in [0.5, 0.6) is 0 Å². The Bertz CT molecular complexity index is 2810. The molecule has 0 aliphatic heterocycles. The van der Waals surface area contributed by atoms with Crippen LogP contribution in [0.15, 0.2) is 176 Å². The Labute approximate surface area is 285 Å². The van der Waals surface area contributed by atoms with Crippen LogP contribution >= 0.6 is 0 Å². The lowest BCUT2D eigenvalue weighted by Gasteiger charge is -2.28. The van der Waals surface area contributed by atoms with Crippen molar-refractivity contribution >= 4 is 71.2 Å². The van der Waals surface area contributed by atoms with E-state index < -0.39 is 0 Å². The second kappa shape index (κ2) is 10.8. The van der Waals surface area contributed by atoms with E-state index in [1.54, 1.807) is 0 Å². The molecule has 0 saturated carbocycles. The molecule has 0 unspecified atom stereocenters. The number of para-hydroxylation sites is 3. The fourth-order valence-corrected chi connectivity index (χ4v) is 7.93. The average molecular weight is 625 g/mol. The van der Waals surface area contributed by atoms with Gasteiger partial charge in [0, 0.05) is 33.2 Å². The predicted molar refractivity (Wildman–Crippen MR) is 209 cm³/mol. The Balaban J connectivity index is 1.21. The zero-order valence-electron chi connectivity index (χ0n) is 27.1. The first-order valence-corrected chi connectivity index (χ1v) is 16.9. The van der Waals surface area contributed by atoms with Gasteiger partial charge in [0.25, 0.3) is 0 Å². The third-order valence-corrected chi connectivity index (χ3v) is 10.2. The van der Waals surface area contributed by atoms with Crippen molar-refractivity contribution < 1.29 is 0 Å². The Hall–Kier alpha value is -6.38. The number of aryl methyl sites for hydroxylation is 1. The van der Waals surface area contributed by atoms with Gasteiger partial charge >= 0.3 is 0 Å². The molecule has 0 atom stereocenters. The number of aromatic nitrogens is 1. The molecule has 10 rings (SSSR count). The normalized spacial score (nSPS) is 11.8. The van der Waals surface area contributed by atoms with Crippen LogP contribution in [0.4, 0.5) is 17.1 Å². The molecule has 230 valence electrons. The quantitative estimate of drug-likeness (QED) is 0.173. The molecule has 10 aromatic rings. The molecule has 0 fully saturated rings. The highest BCUT2D eigenvalue weighted by molar-refractivity contribution is 6.28. The fourth-order valence-electron chi connectivity index (χ4n) is 7.93. The number of hydrogen-bond donors (Lipinski definition) is 0. The topological polar surface area (TPSA) is 8.17 Å². The third kappa shape index (κ3) is 4.28. The van der Waals surface area contributed by atoms with E-state index in [0.29, 0.717) is 0 Å². The lowest BCUT2D eigenvalue weighted by Crippen LogP contribution is -2.10. The molecule has 0 amide bonds. The summed E-state index contributed by atoms with van der Waals surface area (Å²) in [7, 11) is 0. The van der Waals surface area contributed by atoms with Crippen LogP contribution in [0, 0.1) is 6.92 Å². The van der Waals surface area contributed by atoms with E-state index in [4.69, 9.17) is 0 Å². The van der Waals surface area contributed by atoms with Crippen LogP contribution in [-0.2, 0) is 0 Å². The van der Waals surface area contributed by atoms with E-state index in [1.807, 2.05) is 0 Å². The molecule has 0 saturated heterocycles. The Morgan fingerprint density at radius 1 is 0.429 bits per heavy atom. The number of benzene rings is 9. The van der Waals surface area contributed by atoms with Crippen molar-refractivity contribution in [2.24, 2.45) is 0 Å². The molecule has 9 aromatic carbocycles. The van der Waals surface area contributed by atoms with Crippen molar-refractivity contribution in [3.05, 3.63) is 181 Å². The van der Waals surface area contributed by atoms with Gasteiger partial charge in [0.05, 0.1) is 16.7 Å². The maximum absolute atomic E-state index is 2.39. The molecule has 0 N–H and O–H groups in total. The van der Waals surface area contributed by atoms with Crippen LogP contribution in [0.2, 0.25) is 0 Å². The van der Waals surface area contributed by atoms with Gasteiger partial charge in [-0.2, -0.15) is 0 Å². The first-order valence-electron chi connectivity index (χ1n) is 16.9. The maximum atomic E-state index is 2.39. The second-order valence-electron chi connectivity index (χ2n) is 13.0. The van der Waals surface area contributed by atoms with E-state index in [9.17, 15) is 0 Å². The van der Waals surface area contributed by atoms with Crippen molar-refractivity contribution in [1.29, 1.82) is 0 Å². The van der Waals surface area contributed by atoms with E-state index in [2.05, 4.69) is 192 Å². The molecule has 2 heteroatoms. The molecule has 0 spiro atoms. The largest absolute Gasteiger partial charge is 0.310 e. The molecular formula is C47H32N2. The molecule has 0 radical (unpaired) electrons. The molecular weight excluding hydrogens is 593 g/mol. The Kier molecular flexibility index (Phi) is 6.13. The minimum Gasteiger partial charge on any atom is -0.310 e. The lowest BCUT2D eigenvalue weighted by molar-refractivity contribution is 1.18. The number of anilines is 3. The summed E-state index contributed by atoms with van der Waals surface area (Å²) in [5.74, 6) is 0. The molecule has 0 aliphatic carbocycles. The number of rotatable bonds is 5. The zero-order valence-corrected chi connectivity index (χ0v) is 27.1. The highest BCUT2D eigenvalue weighted by atomic mass is 15.1. The Morgan fingerprint density at radius 3 is 1.84 bits per heavy atom. The van der Waals surface area contributed by atoms with Crippen LogP contribution in [0.25, 0.3) is 70.9 Å². The first kappa shape index (κ1) is 27.7. The van der Waals surface area contributed by atoms with Gasteiger partial charge in [-0.1, -0.05) is 121 Å². The summed E-state index contributed by atoms with van der Waals surface area (Å²) in [5, 5.41) is 10.2. The summed E-state index contributed by atoms with van der Waals surface area (Å²) in [4.78, 5) is 2.39. The first-order chi connectivity index (χ1) is 24.2. The minimum atomic E-state index is 1.14. The number of nitrogens with zero attached hydrogens (tertiary/aromatic N) is 2. The monoisotopic (exact) mass is 624 g/mol. The molecule has 0 aliphatic rings. The van der Waals surface area contributed by atoms with Crippen molar-refractivity contribution in [2.75, 3.05) is 4.90 Å². The SMILES string of the molecule is Cc1ccc(N(c2ccccc2)c2ccc3ccc4c(-c5ccc6c(c5)c5ccccc5n6-c5ccccc5)ccc5ccc2c3c54)cc1. The molecule has 1 heterocycles. The van der Waals surface area contributed by atoms with Gasteiger partial charge in [-0.3, -0.25) is 0 Å². The van der Waals surface area contributed by atoms with Gasteiger partial charge < -0.3 is 9.47 Å². The number of fused-ring (bicyclic) bond motifs is 3. The molecule has 49 heavy (non-hydrogen) atoms. The van der Waals surface area contributed by atoms with Crippen molar-refractivity contribution in [1.82, 2.24) is 4.57 Å². The van der Waals surface area contributed by atoms with Gasteiger partial charge in [0.2, 0.25) is 0 Å². The summed E-state index contributed by atoms with van der Waals surface area (Å²) in [6.45, 7) is 2.14. The van der Waals surface area contributed by atoms with Gasteiger partial charge in [-0.25, -0.2) is 0 Å². The van der Waals surface area contributed by atoms with Gasteiger partial charge in [0.15, 0.2) is 0 Å². The summed E-state index contributed by atoms with van der Waals surface area (Å²) in [6.07, 6.45) is 0. The van der Waals surface area contributed by atoms with Gasteiger partial charge in [0.1, 0.15) is 0 Å². The molecule has 0 bridgehead atoms. The number of hydrogen-bond acceptors (Lipinski definition) is 1. The van der Waals surface area contributed by atoms with Crippen LogP contribution in [0.3, 0.4) is 0 Å². The van der Waals surface area contributed by atoms with Crippen molar-refractivity contribution in [3.8, 4) is 16.8 Å². The average Bonchev–Trinajstić information content (AvgIpc) is 3.49. The van der Waals surface area contributed by atoms with E-state index in [0.717, 1.165) is 11.4 Å². The standard InChI is InChI=1S/C47H32N2/c1-31-16-23-37(24-17-31)48(35-10-4-2-5-11-35)44-28-21-33-19-26-40-38(25-18-32-20-27-41(44)47(33)46(32)40)34-22-29-45-42(30-34)39-14-8-9-15-43(39)49(45)36-12-6-3-7-13-36/h2-30H,1H3. The Morgan fingerprint density at radius 2 is 1.04 bits per heavy atom. The van der Waals surface area contributed by atoms with Crippen molar-refractivity contribution in [3.63, 3.8) is 0 Å². The van der Waals surface area contributed by atoms with Gasteiger partial charge in [-0.15, -0.1) is 0 Å². The second-order valence-corrected chi connectivity index (χ2v) is 13.0. The summed E-state index contributed by atoms with van der Waals surface area (Å²) < 4.78 is 2.38. The zero-order chi connectivity index (χ0) is 32.5. The molecule has 2 nitrogen and oxygen atoms in total. The van der Waals surface area contributed by atoms with Crippen LogP contribution in [-0.4, -0.2) is 4.57 Å². The van der Waals surface area contributed by atoms with Gasteiger partial charge in [-0.05, 0) is 106 Å². The third-order valence-electron chi connectivity index (χ3n) is 10.2. The van der Waals surface area contributed by atoms with E-state index in [1.165, 1.54) is 82.2 Å². The maximum Gasteiger partial charge on any atom is 0.0541 e. The fraction of sp³-hybridized carbons (Fsp3) is 0.0213. The molecule has 1 aromatic heterocycles. The summed E-state index contributed by atoms with van der Waals surface area (Å²) >= 11 is 0. The van der Waals surface area contributed by atoms with Crippen LogP contribution in [0.1, 0.15) is 5.56 Å². The smallest absolute Gasteiger partial charge is 0.0541 e. The lowest BCUT2D eigenvalue weighted by atomic mass is 9.89. The summed E-state index contributed by atoms with van der Waals surface area (Å²) in [5.41, 5.74) is 10.8. The summed E-state index contributed by atoms with van der Waals surface area (Å²) in [6, 6.07) is 64.4. The van der Waals surface area contributed by atoms with Crippen LogP contribution < -0.4 is 4.90 Å². The van der Waals surface area contributed by atoms with E-state index >= 15 is 0 Å². The predicted octanol–water partition coefficient (Wildman–Crippen LogP) is 13.1. The van der Waals surface area contributed by atoms with E-state index in [-0.39, 0.29) is 0 Å². The minimum absolute atomic E-state index is 1.14. The highest BCUT2D eigenvalue weighted by Gasteiger charge is 2.20. The van der Waals surface area contributed by atoms with Crippen molar-refractivity contribution in [2.45, 2.75) is 6.92 Å².